The number of aromatic nitrogens is 1. The number of morpholine rings is 1. The molecule has 1 fully saturated rings. The Morgan fingerprint density at radius 3 is 2.90 bits per heavy atom. The molecule has 21 heavy (non-hydrogen) atoms. The van der Waals surface area contributed by atoms with E-state index in [2.05, 4.69) is 31.3 Å². The Balaban J connectivity index is 1.83. The zero-order chi connectivity index (χ0) is 14.8. The molecule has 1 atom stereocenters. The van der Waals surface area contributed by atoms with Crippen LogP contribution >= 0.6 is 39.1 Å². The van der Waals surface area contributed by atoms with Gasteiger partial charge in [0, 0.05) is 17.6 Å². The summed E-state index contributed by atoms with van der Waals surface area (Å²) in [5.74, 6) is 0. The van der Waals surface area contributed by atoms with Gasteiger partial charge in [0.25, 0.3) is 0 Å². The Morgan fingerprint density at radius 2 is 2.19 bits per heavy atom. The van der Waals surface area contributed by atoms with Gasteiger partial charge in [-0.2, -0.15) is 9.64 Å². The summed E-state index contributed by atoms with van der Waals surface area (Å²) in [6.45, 7) is 2.04. The van der Waals surface area contributed by atoms with E-state index in [0.29, 0.717) is 18.7 Å². The first-order valence-electron chi connectivity index (χ1n) is 6.36. The molecule has 0 saturated carbocycles. The first-order chi connectivity index (χ1) is 10.2. The van der Waals surface area contributed by atoms with E-state index >= 15 is 0 Å². The van der Waals surface area contributed by atoms with Crippen LogP contribution in [0.3, 0.4) is 0 Å². The average Bonchev–Trinajstić information content (AvgIpc) is 2.89. The number of ether oxygens (including phenoxy) is 1. The molecular weight excluding hydrogens is 374 g/mol. The third-order valence-corrected chi connectivity index (χ3v) is 5.15. The van der Waals surface area contributed by atoms with Crippen molar-refractivity contribution in [2.24, 2.45) is 0 Å². The highest BCUT2D eigenvalue weighted by Gasteiger charge is 2.26. The Morgan fingerprint density at radius 1 is 1.43 bits per heavy atom. The van der Waals surface area contributed by atoms with Gasteiger partial charge in [-0.15, -0.1) is 0 Å². The maximum atomic E-state index is 9.20. The molecule has 108 valence electrons. The lowest BCUT2D eigenvalue weighted by Gasteiger charge is -2.33. The van der Waals surface area contributed by atoms with E-state index in [1.54, 1.807) is 0 Å². The van der Waals surface area contributed by atoms with Gasteiger partial charge in [0.15, 0.2) is 5.15 Å². The molecule has 3 rings (SSSR count). The Hall–Kier alpha value is -1.13. The molecule has 0 spiro atoms. The molecule has 7 heteroatoms. The summed E-state index contributed by atoms with van der Waals surface area (Å²) in [5, 5.41) is 10.3. The third kappa shape index (κ3) is 3.06. The zero-order valence-electron chi connectivity index (χ0n) is 10.9. The fourth-order valence-corrected chi connectivity index (χ4v) is 3.61. The van der Waals surface area contributed by atoms with Crippen molar-refractivity contribution in [3.05, 3.63) is 45.0 Å². The topological polar surface area (TPSA) is 49.2 Å². The number of hydrogen-bond acceptors (Lipinski definition) is 5. The van der Waals surface area contributed by atoms with E-state index in [4.69, 9.17) is 16.3 Å². The van der Waals surface area contributed by atoms with Crippen LogP contribution in [0.15, 0.2) is 28.7 Å². The molecule has 1 saturated heterocycles. The van der Waals surface area contributed by atoms with E-state index in [-0.39, 0.29) is 11.3 Å². The van der Waals surface area contributed by atoms with Crippen LogP contribution in [0.1, 0.15) is 17.2 Å². The number of benzene rings is 1. The Kier molecular flexibility index (Phi) is 4.45. The smallest absolute Gasteiger partial charge is 0.162 e. The van der Waals surface area contributed by atoms with Gasteiger partial charge >= 0.3 is 0 Å². The summed E-state index contributed by atoms with van der Waals surface area (Å²) < 4.78 is 11.0. The van der Waals surface area contributed by atoms with Crippen LogP contribution in [0.5, 0.6) is 0 Å². The van der Waals surface area contributed by atoms with Gasteiger partial charge in [-0.25, -0.2) is 0 Å². The lowest BCUT2D eigenvalue weighted by Crippen LogP contribution is -2.38. The predicted octanol–water partition coefficient (Wildman–Crippen LogP) is 4.01. The van der Waals surface area contributed by atoms with Crippen LogP contribution < -0.4 is 4.90 Å². The Labute approximate surface area is 140 Å². The maximum absolute atomic E-state index is 9.20. The summed E-state index contributed by atoms with van der Waals surface area (Å²) in [4.78, 5) is 2.12. The van der Waals surface area contributed by atoms with Crippen LogP contribution in [-0.2, 0) is 4.74 Å². The van der Waals surface area contributed by atoms with Crippen LogP contribution in [0.4, 0.5) is 5.00 Å². The highest BCUT2D eigenvalue weighted by Crippen LogP contribution is 2.34. The number of nitriles is 1. The summed E-state index contributed by atoms with van der Waals surface area (Å²) >= 11 is 10.6. The molecule has 1 aromatic heterocycles. The van der Waals surface area contributed by atoms with E-state index in [9.17, 15) is 5.26 Å². The minimum Gasteiger partial charge on any atom is -0.370 e. The monoisotopic (exact) mass is 383 g/mol. The number of nitrogens with zero attached hydrogens (tertiary/aromatic N) is 3. The van der Waals surface area contributed by atoms with Gasteiger partial charge in [-0.3, -0.25) is 0 Å². The van der Waals surface area contributed by atoms with Crippen LogP contribution in [0.2, 0.25) is 5.15 Å². The summed E-state index contributed by atoms with van der Waals surface area (Å²) in [6, 6.07) is 10.2. The molecule has 4 nitrogen and oxygen atoms in total. The lowest BCUT2D eigenvalue weighted by molar-refractivity contribution is 0.0400. The fraction of sp³-hybridized carbons (Fsp3) is 0.286. The van der Waals surface area contributed by atoms with Crippen molar-refractivity contribution in [1.29, 1.82) is 5.26 Å². The maximum Gasteiger partial charge on any atom is 0.162 e. The molecule has 0 amide bonds. The largest absolute Gasteiger partial charge is 0.370 e. The van der Waals surface area contributed by atoms with Crippen molar-refractivity contribution in [3.63, 3.8) is 0 Å². The molecule has 1 aromatic carbocycles. The second-order valence-corrected chi connectivity index (χ2v) is 6.65. The fourth-order valence-electron chi connectivity index (χ4n) is 2.29. The van der Waals surface area contributed by atoms with Crippen LogP contribution in [-0.4, -0.2) is 24.1 Å². The van der Waals surface area contributed by atoms with Crippen molar-refractivity contribution >= 4 is 44.1 Å². The van der Waals surface area contributed by atoms with Gasteiger partial charge in [0.2, 0.25) is 0 Å². The van der Waals surface area contributed by atoms with E-state index < -0.39 is 0 Å². The standard InChI is InChI=1S/C14H11BrClN3OS/c15-10-3-1-9(2-4-10)12-8-19(5-6-20-12)14-11(7-17)13(16)18-21-14/h1-4,12H,5-6,8H2. The minimum atomic E-state index is -0.0146. The first-order valence-corrected chi connectivity index (χ1v) is 8.30. The van der Waals surface area contributed by atoms with Crippen LogP contribution in [0.25, 0.3) is 0 Å². The van der Waals surface area contributed by atoms with Crippen molar-refractivity contribution in [2.75, 3.05) is 24.6 Å². The Bertz CT molecular complexity index is 683. The highest BCUT2D eigenvalue weighted by atomic mass is 79.9. The number of anilines is 1. The third-order valence-electron chi connectivity index (χ3n) is 3.34. The molecule has 0 radical (unpaired) electrons. The van der Waals surface area contributed by atoms with E-state index in [0.717, 1.165) is 21.6 Å². The van der Waals surface area contributed by atoms with Gasteiger partial charge in [-0.1, -0.05) is 39.7 Å². The summed E-state index contributed by atoms with van der Waals surface area (Å²) in [6.07, 6.45) is -0.0146. The zero-order valence-corrected chi connectivity index (χ0v) is 14.1. The molecular formula is C14H11BrClN3OS. The molecule has 0 bridgehead atoms. The average molecular weight is 385 g/mol. The highest BCUT2D eigenvalue weighted by molar-refractivity contribution is 9.10. The molecule has 1 aliphatic rings. The molecule has 1 aliphatic heterocycles. The van der Waals surface area contributed by atoms with Gasteiger partial charge < -0.3 is 9.64 Å². The number of hydrogen-bond donors (Lipinski definition) is 0. The van der Waals surface area contributed by atoms with Crippen molar-refractivity contribution < 1.29 is 4.74 Å². The van der Waals surface area contributed by atoms with Crippen molar-refractivity contribution in [2.45, 2.75) is 6.10 Å². The SMILES string of the molecule is N#Cc1c(Cl)nsc1N1CCOC(c2ccc(Br)cc2)C1. The van der Waals surface area contributed by atoms with E-state index in [1.807, 2.05) is 24.3 Å². The molecule has 2 aromatic rings. The second kappa shape index (κ2) is 6.32. The normalized spacial score (nSPS) is 18.5. The van der Waals surface area contributed by atoms with Crippen molar-refractivity contribution in [3.8, 4) is 6.07 Å². The summed E-state index contributed by atoms with van der Waals surface area (Å²) in [7, 11) is 0. The van der Waals surface area contributed by atoms with Gasteiger partial charge in [0.05, 0.1) is 6.61 Å². The lowest BCUT2D eigenvalue weighted by atomic mass is 10.1. The molecule has 2 heterocycles. The van der Waals surface area contributed by atoms with Gasteiger partial charge in [-0.05, 0) is 29.2 Å². The first kappa shape index (κ1) is 14.8. The number of rotatable bonds is 2. The van der Waals surface area contributed by atoms with Crippen molar-refractivity contribution in [1.82, 2.24) is 4.37 Å². The summed E-state index contributed by atoms with van der Waals surface area (Å²) in [5.41, 5.74) is 1.58. The minimum absolute atomic E-state index is 0.0146. The predicted molar refractivity (Wildman–Crippen MR) is 86.9 cm³/mol. The second-order valence-electron chi connectivity index (χ2n) is 4.62. The molecule has 0 N–H and O–H groups in total. The van der Waals surface area contributed by atoms with E-state index in [1.165, 1.54) is 11.5 Å². The van der Waals surface area contributed by atoms with Crippen LogP contribution in [0, 0.1) is 11.3 Å². The quantitative estimate of drug-likeness (QED) is 0.785. The molecule has 1 unspecified atom stereocenters. The molecule has 0 aliphatic carbocycles. The van der Waals surface area contributed by atoms with Gasteiger partial charge in [0.1, 0.15) is 22.7 Å². The number of halogens is 2.